The monoisotopic (exact) mass is 408 g/mol. The van der Waals surface area contributed by atoms with Gasteiger partial charge in [-0.25, -0.2) is 4.39 Å². The van der Waals surface area contributed by atoms with Crippen LogP contribution >= 0.6 is 0 Å². The molecule has 0 amide bonds. The SMILES string of the molecule is Fc1ccc2c(c1)-c1ccc3c(c1CC2Cc1cccc(C(F)(F)F)c1)CCC=C3. The Morgan fingerprint density at radius 2 is 1.77 bits per heavy atom. The Balaban J connectivity index is 1.60. The second-order valence-electron chi connectivity index (χ2n) is 8.14. The Hall–Kier alpha value is -2.88. The Kier molecular flexibility index (Phi) is 4.53. The standard InChI is InChI=1S/C26H20F4/c27-20-9-11-22-18(12-16-4-3-6-19(13-16)26(28,29)30)14-24-21-7-2-1-5-17(21)8-10-23(24)25(22)15-20/h1,3-6,8-11,13,15,18H,2,7,12,14H2. The van der Waals surface area contributed by atoms with E-state index in [2.05, 4.69) is 24.3 Å². The summed E-state index contributed by atoms with van der Waals surface area (Å²) >= 11 is 0. The fourth-order valence-corrected chi connectivity index (χ4v) is 4.90. The lowest BCUT2D eigenvalue weighted by Crippen LogP contribution is -2.17. The highest BCUT2D eigenvalue weighted by atomic mass is 19.4. The summed E-state index contributed by atoms with van der Waals surface area (Å²) in [6.45, 7) is 0. The molecule has 3 aromatic rings. The molecule has 4 heteroatoms. The van der Waals surface area contributed by atoms with Crippen LogP contribution in [0, 0.1) is 5.82 Å². The summed E-state index contributed by atoms with van der Waals surface area (Å²) in [5.41, 5.74) is 6.65. The molecular weight excluding hydrogens is 388 g/mol. The van der Waals surface area contributed by atoms with Crippen molar-refractivity contribution in [3.63, 3.8) is 0 Å². The zero-order valence-electron chi connectivity index (χ0n) is 16.3. The van der Waals surface area contributed by atoms with Gasteiger partial charge in [-0.15, -0.1) is 0 Å². The van der Waals surface area contributed by atoms with Gasteiger partial charge in [0.15, 0.2) is 0 Å². The fourth-order valence-electron chi connectivity index (χ4n) is 4.90. The zero-order chi connectivity index (χ0) is 20.9. The second kappa shape index (κ2) is 7.12. The van der Waals surface area contributed by atoms with Crippen molar-refractivity contribution < 1.29 is 17.6 Å². The molecule has 0 spiro atoms. The Morgan fingerprint density at radius 3 is 2.60 bits per heavy atom. The van der Waals surface area contributed by atoms with Crippen molar-refractivity contribution in [2.24, 2.45) is 0 Å². The van der Waals surface area contributed by atoms with Gasteiger partial charge in [-0.2, -0.15) is 13.2 Å². The molecule has 0 radical (unpaired) electrons. The number of fused-ring (bicyclic) bond motifs is 5. The van der Waals surface area contributed by atoms with E-state index < -0.39 is 11.7 Å². The van der Waals surface area contributed by atoms with Crippen molar-refractivity contribution >= 4 is 6.08 Å². The summed E-state index contributed by atoms with van der Waals surface area (Å²) < 4.78 is 53.6. The van der Waals surface area contributed by atoms with E-state index in [4.69, 9.17) is 0 Å². The van der Waals surface area contributed by atoms with Crippen LogP contribution in [0.3, 0.4) is 0 Å². The van der Waals surface area contributed by atoms with Gasteiger partial charge in [0.1, 0.15) is 5.82 Å². The molecule has 0 fully saturated rings. The van der Waals surface area contributed by atoms with Gasteiger partial charge >= 0.3 is 6.18 Å². The van der Waals surface area contributed by atoms with Crippen LogP contribution in [0.5, 0.6) is 0 Å². The van der Waals surface area contributed by atoms with Crippen molar-refractivity contribution in [3.8, 4) is 11.1 Å². The highest BCUT2D eigenvalue weighted by Crippen LogP contribution is 2.44. The number of rotatable bonds is 2. The summed E-state index contributed by atoms with van der Waals surface area (Å²) in [5.74, 6) is -0.286. The topological polar surface area (TPSA) is 0 Å². The predicted molar refractivity (Wildman–Crippen MR) is 111 cm³/mol. The molecule has 0 N–H and O–H groups in total. The third-order valence-corrected chi connectivity index (χ3v) is 6.26. The molecule has 0 heterocycles. The molecule has 5 rings (SSSR count). The minimum atomic E-state index is -4.36. The molecule has 0 aromatic heterocycles. The lowest BCUT2D eigenvalue weighted by molar-refractivity contribution is -0.137. The van der Waals surface area contributed by atoms with Crippen LogP contribution in [-0.2, 0) is 25.4 Å². The summed E-state index contributed by atoms with van der Waals surface area (Å²) in [6, 6.07) is 14.5. The lowest BCUT2D eigenvalue weighted by atomic mass is 9.73. The van der Waals surface area contributed by atoms with E-state index in [1.54, 1.807) is 18.2 Å². The van der Waals surface area contributed by atoms with E-state index in [9.17, 15) is 17.6 Å². The zero-order valence-corrected chi connectivity index (χ0v) is 16.3. The molecule has 0 saturated heterocycles. The van der Waals surface area contributed by atoms with Gasteiger partial charge in [0.2, 0.25) is 0 Å². The Labute approximate surface area is 172 Å². The van der Waals surface area contributed by atoms with Crippen LogP contribution in [0.25, 0.3) is 17.2 Å². The molecule has 0 nitrogen and oxygen atoms in total. The average Bonchev–Trinajstić information content (AvgIpc) is 2.73. The van der Waals surface area contributed by atoms with Gasteiger partial charge in [0.25, 0.3) is 0 Å². The van der Waals surface area contributed by atoms with Crippen LogP contribution in [0.4, 0.5) is 17.6 Å². The van der Waals surface area contributed by atoms with Gasteiger partial charge in [0.05, 0.1) is 5.56 Å². The average molecular weight is 408 g/mol. The summed E-state index contributed by atoms with van der Waals surface area (Å²) in [5, 5.41) is 0. The molecule has 2 aliphatic carbocycles. The lowest BCUT2D eigenvalue weighted by Gasteiger charge is -2.31. The summed E-state index contributed by atoms with van der Waals surface area (Å²) in [6.07, 6.45) is 3.07. The van der Waals surface area contributed by atoms with Gasteiger partial charge in [-0.05, 0) is 88.7 Å². The molecule has 2 aliphatic rings. The predicted octanol–water partition coefficient (Wildman–Crippen LogP) is 7.35. The molecule has 0 aliphatic heterocycles. The first-order valence-electron chi connectivity index (χ1n) is 10.2. The minimum absolute atomic E-state index is 0.00832. The highest BCUT2D eigenvalue weighted by molar-refractivity contribution is 5.78. The van der Waals surface area contributed by atoms with Gasteiger partial charge in [-0.1, -0.05) is 48.6 Å². The largest absolute Gasteiger partial charge is 0.416 e. The molecular formula is C26H20F4. The maximum absolute atomic E-state index is 14.1. The van der Waals surface area contributed by atoms with Crippen molar-refractivity contribution in [2.45, 2.75) is 37.8 Å². The van der Waals surface area contributed by atoms with Crippen molar-refractivity contribution in [3.05, 3.63) is 99.9 Å². The molecule has 30 heavy (non-hydrogen) atoms. The minimum Gasteiger partial charge on any atom is -0.207 e. The van der Waals surface area contributed by atoms with Crippen LogP contribution in [0.1, 0.15) is 45.7 Å². The normalized spacial score (nSPS) is 17.3. The third-order valence-electron chi connectivity index (χ3n) is 6.26. The first-order chi connectivity index (χ1) is 14.4. The molecule has 1 atom stereocenters. The van der Waals surface area contributed by atoms with E-state index in [0.717, 1.165) is 42.0 Å². The fraction of sp³-hybridized carbons (Fsp3) is 0.231. The number of alkyl halides is 3. The number of halogens is 4. The van der Waals surface area contributed by atoms with Crippen LogP contribution in [-0.4, -0.2) is 0 Å². The number of hydrogen-bond acceptors (Lipinski definition) is 0. The van der Waals surface area contributed by atoms with Crippen LogP contribution in [0.15, 0.2) is 60.7 Å². The first kappa shape index (κ1) is 19.1. The molecule has 1 unspecified atom stereocenters. The smallest absolute Gasteiger partial charge is 0.207 e. The number of allylic oxidation sites excluding steroid dienone is 1. The molecule has 152 valence electrons. The summed E-state index contributed by atoms with van der Waals surface area (Å²) in [7, 11) is 0. The van der Waals surface area contributed by atoms with E-state index in [1.807, 2.05) is 0 Å². The van der Waals surface area contributed by atoms with Crippen LogP contribution in [0.2, 0.25) is 0 Å². The maximum atomic E-state index is 14.1. The number of hydrogen-bond donors (Lipinski definition) is 0. The van der Waals surface area contributed by atoms with Gasteiger partial charge in [0, 0.05) is 0 Å². The molecule has 0 saturated carbocycles. The van der Waals surface area contributed by atoms with Crippen LogP contribution < -0.4 is 0 Å². The quantitative estimate of drug-likeness (QED) is 0.389. The van der Waals surface area contributed by atoms with E-state index >= 15 is 0 Å². The van der Waals surface area contributed by atoms with Crippen molar-refractivity contribution in [1.29, 1.82) is 0 Å². The second-order valence-corrected chi connectivity index (χ2v) is 8.14. The van der Waals surface area contributed by atoms with Crippen molar-refractivity contribution in [2.75, 3.05) is 0 Å². The van der Waals surface area contributed by atoms with E-state index in [0.29, 0.717) is 12.0 Å². The Bertz CT molecular complexity index is 1150. The molecule has 0 bridgehead atoms. The first-order valence-corrected chi connectivity index (χ1v) is 10.2. The summed E-state index contributed by atoms with van der Waals surface area (Å²) in [4.78, 5) is 0. The van der Waals surface area contributed by atoms with Crippen molar-refractivity contribution in [1.82, 2.24) is 0 Å². The van der Waals surface area contributed by atoms with E-state index in [-0.39, 0.29) is 11.7 Å². The molecule has 3 aromatic carbocycles. The Morgan fingerprint density at radius 1 is 0.900 bits per heavy atom. The maximum Gasteiger partial charge on any atom is 0.416 e. The third kappa shape index (κ3) is 3.34. The van der Waals surface area contributed by atoms with E-state index in [1.165, 1.54) is 34.9 Å². The highest BCUT2D eigenvalue weighted by Gasteiger charge is 2.32. The van der Waals surface area contributed by atoms with Gasteiger partial charge in [-0.3, -0.25) is 0 Å². The number of benzene rings is 3. The van der Waals surface area contributed by atoms with Gasteiger partial charge < -0.3 is 0 Å².